The average molecular weight is 238 g/mol. The highest BCUT2D eigenvalue weighted by atomic mass is 16.4. The van der Waals surface area contributed by atoms with Crippen LogP contribution < -0.4 is 11.1 Å². The van der Waals surface area contributed by atoms with Crippen molar-refractivity contribution >= 4 is 5.91 Å². The highest BCUT2D eigenvalue weighted by Gasteiger charge is 2.33. The number of carbonyl (C=O) groups is 1. The molecular weight excluding hydrogens is 220 g/mol. The largest absolute Gasteiger partial charge is 0.394 e. The van der Waals surface area contributed by atoms with E-state index >= 15 is 0 Å². The molecule has 96 valence electrons. The van der Waals surface area contributed by atoms with Crippen LogP contribution in [-0.4, -0.2) is 75.6 Å². The van der Waals surface area contributed by atoms with E-state index in [1.807, 2.05) is 0 Å². The fraction of sp³-hybridized carbons (Fsp3) is 0.875. The molecule has 0 saturated heterocycles. The van der Waals surface area contributed by atoms with Gasteiger partial charge in [-0.05, 0) is 0 Å². The molecule has 0 spiro atoms. The minimum absolute atomic E-state index is 0.112. The molecule has 16 heavy (non-hydrogen) atoms. The van der Waals surface area contributed by atoms with Gasteiger partial charge in [0, 0.05) is 13.1 Å². The summed E-state index contributed by atoms with van der Waals surface area (Å²) in [6.45, 7) is -0.521. The van der Waals surface area contributed by atoms with Crippen LogP contribution in [0.2, 0.25) is 0 Å². The molecule has 0 aliphatic rings. The zero-order valence-corrected chi connectivity index (χ0v) is 8.65. The molecule has 0 unspecified atom stereocenters. The van der Waals surface area contributed by atoms with Gasteiger partial charge in [-0.1, -0.05) is 0 Å². The Bertz CT molecular complexity index is 215. The third-order valence-corrected chi connectivity index (χ3v) is 1.97. The third kappa shape index (κ3) is 4.39. The smallest absolute Gasteiger partial charge is 0.251 e. The lowest BCUT2D eigenvalue weighted by atomic mass is 10.0. The maximum atomic E-state index is 11.1. The average Bonchev–Trinajstić information content (AvgIpc) is 2.31. The van der Waals surface area contributed by atoms with Gasteiger partial charge in [0.05, 0.1) is 6.61 Å². The van der Waals surface area contributed by atoms with Crippen molar-refractivity contribution in [3.05, 3.63) is 0 Å². The highest BCUT2D eigenvalue weighted by Crippen LogP contribution is 2.05. The van der Waals surface area contributed by atoms with E-state index in [-0.39, 0.29) is 13.1 Å². The monoisotopic (exact) mass is 238 g/mol. The zero-order chi connectivity index (χ0) is 12.7. The molecule has 4 atom stereocenters. The van der Waals surface area contributed by atoms with Gasteiger partial charge in [0.25, 0.3) is 5.91 Å². The van der Waals surface area contributed by atoms with Crippen molar-refractivity contribution in [2.75, 3.05) is 19.7 Å². The summed E-state index contributed by atoms with van der Waals surface area (Å²) in [6.07, 6.45) is -7.24. The van der Waals surface area contributed by atoms with E-state index in [4.69, 9.17) is 15.9 Å². The third-order valence-electron chi connectivity index (χ3n) is 1.97. The number of nitrogens with two attached hydrogens (primary N) is 1. The predicted octanol–water partition coefficient (Wildman–Crippen LogP) is -4.50. The summed E-state index contributed by atoms with van der Waals surface area (Å²) in [6, 6.07) is 0. The number of hydrogen-bond acceptors (Lipinski definition) is 7. The Labute approximate surface area is 92.3 Å². The van der Waals surface area contributed by atoms with Crippen molar-refractivity contribution in [1.82, 2.24) is 5.32 Å². The van der Waals surface area contributed by atoms with Crippen LogP contribution in [0.15, 0.2) is 0 Å². The van der Waals surface area contributed by atoms with Crippen LogP contribution in [0, 0.1) is 0 Å². The minimum atomic E-state index is -1.90. The fourth-order valence-corrected chi connectivity index (χ4v) is 0.977. The first kappa shape index (κ1) is 15.2. The van der Waals surface area contributed by atoms with Crippen molar-refractivity contribution < 1.29 is 30.3 Å². The fourth-order valence-electron chi connectivity index (χ4n) is 0.977. The maximum absolute atomic E-state index is 11.1. The standard InChI is InChI=1S/C8H18N2O6/c9-1-2-10-8(16)7(15)6(14)5(13)4(12)3-11/h4-7,11-15H,1-3,9H2,(H,10,16)/t4-,5-,6+,7-/m1/s1. The van der Waals surface area contributed by atoms with Gasteiger partial charge in [-0.15, -0.1) is 0 Å². The Kier molecular flexibility index (Phi) is 7.13. The van der Waals surface area contributed by atoms with Gasteiger partial charge in [-0.3, -0.25) is 4.79 Å². The Morgan fingerprint density at radius 2 is 1.75 bits per heavy atom. The molecule has 1 amide bonds. The number of carbonyl (C=O) groups excluding carboxylic acids is 1. The Morgan fingerprint density at radius 3 is 2.19 bits per heavy atom. The van der Waals surface area contributed by atoms with Crippen molar-refractivity contribution in [3.8, 4) is 0 Å². The summed E-state index contributed by atoms with van der Waals surface area (Å²) >= 11 is 0. The van der Waals surface area contributed by atoms with E-state index in [1.165, 1.54) is 0 Å². The summed E-state index contributed by atoms with van der Waals surface area (Å²) in [7, 11) is 0. The molecule has 0 aliphatic carbocycles. The molecule has 0 aromatic rings. The Hall–Kier alpha value is -0.770. The van der Waals surface area contributed by atoms with Gasteiger partial charge < -0.3 is 36.6 Å². The number of aliphatic hydroxyl groups is 5. The second-order valence-corrected chi connectivity index (χ2v) is 3.26. The molecule has 0 aromatic carbocycles. The number of rotatable bonds is 7. The van der Waals surface area contributed by atoms with Gasteiger partial charge in [0.1, 0.15) is 18.3 Å². The molecule has 0 saturated carbocycles. The summed E-state index contributed by atoms with van der Waals surface area (Å²) in [5, 5.41) is 47.4. The van der Waals surface area contributed by atoms with E-state index in [0.29, 0.717) is 0 Å². The SMILES string of the molecule is NCCNC(=O)[C@H](O)[C@@H](O)[C@H](O)[C@H](O)CO. The first-order valence-electron chi connectivity index (χ1n) is 4.76. The van der Waals surface area contributed by atoms with Crippen molar-refractivity contribution in [2.45, 2.75) is 24.4 Å². The molecule has 0 aliphatic heterocycles. The molecule has 0 heterocycles. The van der Waals surface area contributed by atoms with Gasteiger partial charge in [-0.2, -0.15) is 0 Å². The van der Waals surface area contributed by atoms with Crippen LogP contribution in [0.4, 0.5) is 0 Å². The summed E-state index contributed by atoms with van der Waals surface area (Å²) in [5.41, 5.74) is 5.10. The first-order chi connectivity index (χ1) is 7.45. The van der Waals surface area contributed by atoms with Gasteiger partial charge in [0.2, 0.25) is 0 Å². The van der Waals surface area contributed by atoms with E-state index in [9.17, 15) is 20.1 Å². The van der Waals surface area contributed by atoms with Crippen LogP contribution in [0.25, 0.3) is 0 Å². The summed E-state index contributed by atoms with van der Waals surface area (Å²) < 4.78 is 0. The van der Waals surface area contributed by atoms with Crippen LogP contribution in [0.5, 0.6) is 0 Å². The summed E-state index contributed by atoms with van der Waals surface area (Å²) in [4.78, 5) is 11.1. The van der Waals surface area contributed by atoms with Crippen LogP contribution >= 0.6 is 0 Å². The maximum Gasteiger partial charge on any atom is 0.251 e. The number of aliphatic hydroxyl groups excluding tert-OH is 5. The molecule has 0 aromatic heterocycles. The molecule has 0 radical (unpaired) electrons. The minimum Gasteiger partial charge on any atom is -0.394 e. The lowest BCUT2D eigenvalue weighted by molar-refractivity contribution is -0.148. The lowest BCUT2D eigenvalue weighted by Gasteiger charge is -2.24. The molecule has 8 nitrogen and oxygen atoms in total. The molecule has 8 N–H and O–H groups in total. The topological polar surface area (TPSA) is 156 Å². The van der Waals surface area contributed by atoms with Crippen molar-refractivity contribution in [1.29, 1.82) is 0 Å². The van der Waals surface area contributed by atoms with Crippen LogP contribution in [0.1, 0.15) is 0 Å². The zero-order valence-electron chi connectivity index (χ0n) is 8.65. The van der Waals surface area contributed by atoms with E-state index in [0.717, 1.165) is 0 Å². The summed E-state index contributed by atoms with van der Waals surface area (Å²) in [5.74, 6) is -0.915. The van der Waals surface area contributed by atoms with Gasteiger partial charge in [-0.25, -0.2) is 0 Å². The van der Waals surface area contributed by atoms with Crippen LogP contribution in [0.3, 0.4) is 0 Å². The van der Waals surface area contributed by atoms with Gasteiger partial charge >= 0.3 is 0 Å². The molecule has 0 bridgehead atoms. The van der Waals surface area contributed by atoms with E-state index in [1.54, 1.807) is 0 Å². The van der Waals surface area contributed by atoms with E-state index < -0.39 is 36.9 Å². The number of nitrogens with one attached hydrogen (secondary N) is 1. The molecule has 0 rings (SSSR count). The first-order valence-corrected chi connectivity index (χ1v) is 4.76. The van der Waals surface area contributed by atoms with Crippen molar-refractivity contribution in [3.63, 3.8) is 0 Å². The molecule has 0 fully saturated rings. The second kappa shape index (κ2) is 7.49. The van der Waals surface area contributed by atoms with Crippen LogP contribution in [-0.2, 0) is 4.79 Å². The Balaban J connectivity index is 4.25. The second-order valence-electron chi connectivity index (χ2n) is 3.26. The molecule has 8 heteroatoms. The lowest BCUT2D eigenvalue weighted by Crippen LogP contribution is -2.52. The van der Waals surface area contributed by atoms with E-state index in [2.05, 4.69) is 5.32 Å². The van der Waals surface area contributed by atoms with Gasteiger partial charge in [0.15, 0.2) is 6.10 Å². The number of hydrogen-bond donors (Lipinski definition) is 7. The normalized spacial score (nSPS) is 18.6. The molecular formula is C8H18N2O6. The predicted molar refractivity (Wildman–Crippen MR) is 53.2 cm³/mol. The van der Waals surface area contributed by atoms with Crippen molar-refractivity contribution in [2.24, 2.45) is 5.73 Å². The highest BCUT2D eigenvalue weighted by molar-refractivity contribution is 5.81. The quantitative estimate of drug-likeness (QED) is 0.235. The number of amides is 1. The Morgan fingerprint density at radius 1 is 1.19 bits per heavy atom.